The molecule has 0 radical (unpaired) electrons. The first-order valence-corrected chi connectivity index (χ1v) is 7.40. The van der Waals surface area contributed by atoms with Crippen LogP contribution in [0.25, 0.3) is 0 Å². The highest BCUT2D eigenvalue weighted by molar-refractivity contribution is 14.1. The van der Waals surface area contributed by atoms with Crippen molar-refractivity contribution < 1.29 is 9.90 Å². The molecule has 0 aromatic heterocycles. The van der Waals surface area contributed by atoms with Gasteiger partial charge < -0.3 is 10.4 Å². The van der Waals surface area contributed by atoms with Gasteiger partial charge in [0.05, 0.1) is 17.2 Å². The Bertz CT molecular complexity index is 458. The molecular weight excluding hydrogens is 365 g/mol. The number of nitrogens with one attached hydrogen (secondary N) is 1. The molecule has 1 aliphatic rings. The Kier molecular flexibility index (Phi) is 4.50. The molecule has 0 unspecified atom stereocenters. The van der Waals surface area contributed by atoms with Gasteiger partial charge in [0.2, 0.25) is 0 Å². The predicted molar refractivity (Wildman–Crippen MR) is 79.9 cm³/mol. The monoisotopic (exact) mass is 379 g/mol. The fourth-order valence-electron chi connectivity index (χ4n) is 2.32. The number of rotatable bonds is 3. The first-order chi connectivity index (χ1) is 8.56. The Morgan fingerprint density at radius 2 is 2.11 bits per heavy atom. The standard InChI is InChI=1S/C13H15ClINO2/c14-10-7-9(3-4-11(10)15)12(18)16-13(8-17)5-1-2-6-13/h3-4,7,17H,1-2,5-6,8H2,(H,16,18). The van der Waals surface area contributed by atoms with E-state index in [0.29, 0.717) is 10.6 Å². The van der Waals surface area contributed by atoms with Gasteiger partial charge in [-0.3, -0.25) is 4.79 Å². The fraction of sp³-hybridized carbons (Fsp3) is 0.462. The van der Waals surface area contributed by atoms with Crippen LogP contribution in [0, 0.1) is 3.57 Å². The molecule has 0 atom stereocenters. The Morgan fingerprint density at radius 1 is 1.44 bits per heavy atom. The van der Waals surface area contributed by atoms with E-state index in [1.807, 2.05) is 6.07 Å². The van der Waals surface area contributed by atoms with Crippen LogP contribution in [0.5, 0.6) is 0 Å². The van der Waals surface area contributed by atoms with Crippen molar-refractivity contribution in [1.82, 2.24) is 5.32 Å². The fourth-order valence-corrected chi connectivity index (χ4v) is 2.84. The third-order valence-electron chi connectivity index (χ3n) is 3.42. The highest BCUT2D eigenvalue weighted by Crippen LogP contribution is 2.29. The summed E-state index contributed by atoms with van der Waals surface area (Å²) in [4.78, 5) is 12.1. The maximum atomic E-state index is 12.1. The molecule has 98 valence electrons. The van der Waals surface area contributed by atoms with E-state index < -0.39 is 5.54 Å². The lowest BCUT2D eigenvalue weighted by molar-refractivity contribution is 0.0838. The second kappa shape index (κ2) is 5.75. The van der Waals surface area contributed by atoms with E-state index in [2.05, 4.69) is 27.9 Å². The molecule has 5 heteroatoms. The summed E-state index contributed by atoms with van der Waals surface area (Å²) in [5.41, 5.74) is 0.104. The maximum Gasteiger partial charge on any atom is 0.251 e. The van der Waals surface area contributed by atoms with Gasteiger partial charge in [0.15, 0.2) is 0 Å². The largest absolute Gasteiger partial charge is 0.394 e. The van der Waals surface area contributed by atoms with Crippen molar-refractivity contribution in [1.29, 1.82) is 0 Å². The smallest absolute Gasteiger partial charge is 0.251 e. The summed E-state index contributed by atoms with van der Waals surface area (Å²) in [5, 5.41) is 13.0. The van der Waals surface area contributed by atoms with Crippen molar-refractivity contribution >= 4 is 40.1 Å². The van der Waals surface area contributed by atoms with Gasteiger partial charge in [-0.25, -0.2) is 0 Å². The van der Waals surface area contributed by atoms with Crippen LogP contribution in [0.4, 0.5) is 0 Å². The molecule has 2 rings (SSSR count). The zero-order chi connectivity index (χ0) is 13.2. The molecule has 0 spiro atoms. The van der Waals surface area contributed by atoms with E-state index in [1.165, 1.54) is 0 Å². The molecular formula is C13H15ClINO2. The van der Waals surface area contributed by atoms with Gasteiger partial charge in [-0.1, -0.05) is 24.4 Å². The van der Waals surface area contributed by atoms with E-state index in [1.54, 1.807) is 12.1 Å². The summed E-state index contributed by atoms with van der Waals surface area (Å²) in [7, 11) is 0. The van der Waals surface area contributed by atoms with E-state index >= 15 is 0 Å². The first-order valence-electron chi connectivity index (χ1n) is 5.95. The van der Waals surface area contributed by atoms with E-state index in [4.69, 9.17) is 11.6 Å². The molecule has 1 saturated carbocycles. The van der Waals surface area contributed by atoms with Gasteiger partial charge in [-0.15, -0.1) is 0 Å². The number of hydrogen-bond donors (Lipinski definition) is 2. The normalized spacial score (nSPS) is 17.7. The van der Waals surface area contributed by atoms with Crippen LogP contribution in [0.3, 0.4) is 0 Å². The summed E-state index contributed by atoms with van der Waals surface area (Å²) >= 11 is 8.13. The number of benzene rings is 1. The number of aliphatic hydroxyl groups is 1. The molecule has 0 heterocycles. The molecule has 1 aromatic rings. The lowest BCUT2D eigenvalue weighted by atomic mass is 9.98. The zero-order valence-corrected chi connectivity index (χ0v) is 12.8. The number of halogens is 2. The molecule has 0 bridgehead atoms. The quantitative estimate of drug-likeness (QED) is 0.793. The summed E-state index contributed by atoms with van der Waals surface area (Å²) < 4.78 is 0.920. The lowest BCUT2D eigenvalue weighted by Crippen LogP contribution is -2.49. The Morgan fingerprint density at radius 3 is 2.67 bits per heavy atom. The average molecular weight is 380 g/mol. The van der Waals surface area contributed by atoms with Crippen molar-refractivity contribution in [3.05, 3.63) is 32.4 Å². The van der Waals surface area contributed by atoms with Crippen LogP contribution in [0.2, 0.25) is 5.02 Å². The van der Waals surface area contributed by atoms with Crippen LogP contribution >= 0.6 is 34.2 Å². The second-order valence-electron chi connectivity index (χ2n) is 4.73. The topological polar surface area (TPSA) is 49.3 Å². The van der Waals surface area contributed by atoms with Crippen LogP contribution < -0.4 is 5.32 Å². The minimum absolute atomic E-state index is 0.00313. The first kappa shape index (κ1) is 14.1. The van der Waals surface area contributed by atoms with Gasteiger partial charge in [-0.2, -0.15) is 0 Å². The molecule has 1 aliphatic carbocycles. The third-order valence-corrected chi connectivity index (χ3v) is 5.00. The molecule has 0 saturated heterocycles. The minimum Gasteiger partial charge on any atom is -0.394 e. The van der Waals surface area contributed by atoms with Crippen LogP contribution in [-0.2, 0) is 0 Å². The number of hydrogen-bond acceptors (Lipinski definition) is 2. The highest BCUT2D eigenvalue weighted by atomic mass is 127. The van der Waals surface area contributed by atoms with Gasteiger partial charge in [0.25, 0.3) is 5.91 Å². The van der Waals surface area contributed by atoms with Gasteiger partial charge in [-0.05, 0) is 53.6 Å². The van der Waals surface area contributed by atoms with E-state index in [9.17, 15) is 9.90 Å². The molecule has 1 amide bonds. The molecule has 0 aliphatic heterocycles. The zero-order valence-electron chi connectivity index (χ0n) is 9.88. The van der Waals surface area contributed by atoms with Gasteiger partial charge in [0, 0.05) is 9.13 Å². The molecule has 2 N–H and O–H groups in total. The molecule has 3 nitrogen and oxygen atoms in total. The van der Waals surface area contributed by atoms with Gasteiger partial charge in [0.1, 0.15) is 0 Å². The summed E-state index contributed by atoms with van der Waals surface area (Å²) in [6.45, 7) is -0.00313. The summed E-state index contributed by atoms with van der Waals surface area (Å²) in [6.07, 6.45) is 3.78. The maximum absolute atomic E-state index is 12.1. The van der Waals surface area contributed by atoms with Gasteiger partial charge >= 0.3 is 0 Å². The van der Waals surface area contributed by atoms with Crippen molar-refractivity contribution in [2.45, 2.75) is 31.2 Å². The highest BCUT2D eigenvalue weighted by Gasteiger charge is 2.34. The van der Waals surface area contributed by atoms with Crippen LogP contribution in [0.15, 0.2) is 18.2 Å². The Hall–Kier alpha value is -0.330. The summed E-state index contributed by atoms with van der Waals surface area (Å²) in [5.74, 6) is -0.163. The molecule has 18 heavy (non-hydrogen) atoms. The number of aliphatic hydroxyl groups excluding tert-OH is 1. The summed E-state index contributed by atoms with van der Waals surface area (Å²) in [6, 6.07) is 5.24. The van der Waals surface area contributed by atoms with Crippen molar-refractivity contribution in [3.63, 3.8) is 0 Å². The molecule has 1 aromatic carbocycles. The minimum atomic E-state index is -0.438. The molecule has 1 fully saturated rings. The SMILES string of the molecule is O=C(NC1(CO)CCCC1)c1ccc(I)c(Cl)c1. The Balaban J connectivity index is 2.13. The Labute approximate surface area is 125 Å². The number of amides is 1. The van der Waals surface area contributed by atoms with Crippen LogP contribution in [0.1, 0.15) is 36.0 Å². The van der Waals surface area contributed by atoms with Crippen molar-refractivity contribution in [3.8, 4) is 0 Å². The average Bonchev–Trinajstić information content (AvgIpc) is 2.82. The number of carbonyl (C=O) groups is 1. The predicted octanol–water partition coefficient (Wildman–Crippen LogP) is 2.98. The van der Waals surface area contributed by atoms with E-state index in [-0.39, 0.29) is 12.5 Å². The van der Waals surface area contributed by atoms with Crippen LogP contribution in [-0.4, -0.2) is 23.2 Å². The van der Waals surface area contributed by atoms with E-state index in [0.717, 1.165) is 29.3 Å². The lowest BCUT2D eigenvalue weighted by Gasteiger charge is -2.28. The van der Waals surface area contributed by atoms with Crippen molar-refractivity contribution in [2.75, 3.05) is 6.61 Å². The number of carbonyl (C=O) groups excluding carboxylic acids is 1. The third kappa shape index (κ3) is 2.97. The second-order valence-corrected chi connectivity index (χ2v) is 6.30. The van der Waals surface area contributed by atoms with Crippen molar-refractivity contribution in [2.24, 2.45) is 0 Å².